The molecule has 0 bridgehead atoms. The van der Waals surface area contributed by atoms with Crippen LogP contribution >= 0.6 is 11.6 Å². The number of rotatable bonds is 6. The lowest BCUT2D eigenvalue weighted by Gasteiger charge is -2.08. The minimum atomic E-state index is -0.291. The van der Waals surface area contributed by atoms with E-state index in [1.54, 1.807) is 6.07 Å². The van der Waals surface area contributed by atoms with Gasteiger partial charge in [0.05, 0.1) is 0 Å². The zero-order valence-corrected chi connectivity index (χ0v) is 18.9. The lowest BCUT2D eigenvalue weighted by molar-refractivity contribution is 0.0942. The van der Waals surface area contributed by atoms with E-state index in [9.17, 15) is 4.79 Å². The molecule has 0 unspecified atom stereocenters. The standard InChI is InChI=1S/C26H23ClN2O3/c1-16-4-7-20(12-17(16)2)25-14-24(29-32-25)26(30)28-15-19-5-8-21(9-6-19)31-22-10-11-23(27)18(3)13-22/h4-14H,15H2,1-3H3,(H,28,30). The van der Waals surface area contributed by atoms with Crippen molar-refractivity contribution < 1.29 is 14.1 Å². The smallest absolute Gasteiger partial charge is 0.273 e. The second-order valence-electron chi connectivity index (χ2n) is 7.72. The summed E-state index contributed by atoms with van der Waals surface area (Å²) in [6.07, 6.45) is 0. The van der Waals surface area contributed by atoms with E-state index in [-0.39, 0.29) is 11.6 Å². The van der Waals surface area contributed by atoms with Gasteiger partial charge in [-0.1, -0.05) is 41.0 Å². The van der Waals surface area contributed by atoms with Crippen molar-refractivity contribution in [2.75, 3.05) is 0 Å². The van der Waals surface area contributed by atoms with E-state index in [0.717, 1.165) is 28.0 Å². The summed E-state index contributed by atoms with van der Waals surface area (Å²) in [6, 6.07) is 20.7. The van der Waals surface area contributed by atoms with Crippen LogP contribution in [-0.4, -0.2) is 11.1 Å². The first kappa shape index (κ1) is 21.7. The van der Waals surface area contributed by atoms with Crippen LogP contribution in [0.2, 0.25) is 5.02 Å². The Morgan fingerprint density at radius 2 is 1.66 bits per heavy atom. The van der Waals surface area contributed by atoms with Gasteiger partial charge in [0.1, 0.15) is 11.5 Å². The molecule has 5 nitrogen and oxygen atoms in total. The van der Waals surface area contributed by atoms with Gasteiger partial charge in [-0.3, -0.25) is 4.79 Å². The molecule has 1 aromatic heterocycles. The first-order chi connectivity index (χ1) is 15.4. The zero-order chi connectivity index (χ0) is 22.7. The Bertz CT molecular complexity index is 1260. The van der Waals surface area contributed by atoms with Crippen LogP contribution in [0.4, 0.5) is 0 Å². The highest BCUT2D eigenvalue weighted by Gasteiger charge is 2.14. The maximum absolute atomic E-state index is 12.5. The lowest BCUT2D eigenvalue weighted by Crippen LogP contribution is -2.22. The number of halogens is 1. The Balaban J connectivity index is 1.35. The van der Waals surface area contributed by atoms with Crippen LogP contribution < -0.4 is 10.1 Å². The molecule has 0 aliphatic carbocycles. The molecule has 6 heteroatoms. The van der Waals surface area contributed by atoms with Gasteiger partial charge in [-0.05, 0) is 79.4 Å². The SMILES string of the molecule is Cc1ccc(-c2cc(C(=O)NCc3ccc(Oc4ccc(Cl)c(C)c4)cc3)no2)cc1C. The number of carbonyl (C=O) groups is 1. The van der Waals surface area contributed by atoms with Crippen molar-refractivity contribution in [3.05, 3.63) is 99.7 Å². The van der Waals surface area contributed by atoms with Gasteiger partial charge >= 0.3 is 0 Å². The fraction of sp³-hybridized carbons (Fsp3) is 0.154. The monoisotopic (exact) mass is 446 g/mol. The summed E-state index contributed by atoms with van der Waals surface area (Å²) in [7, 11) is 0. The predicted octanol–water partition coefficient (Wildman–Crippen LogP) is 6.64. The second-order valence-corrected chi connectivity index (χ2v) is 8.12. The number of carbonyl (C=O) groups excluding carboxylic acids is 1. The molecule has 0 atom stereocenters. The number of nitrogens with zero attached hydrogens (tertiary/aromatic N) is 1. The molecule has 1 amide bonds. The molecule has 162 valence electrons. The minimum absolute atomic E-state index is 0.247. The molecular weight excluding hydrogens is 424 g/mol. The van der Waals surface area contributed by atoms with Gasteiger partial charge in [0.25, 0.3) is 5.91 Å². The summed E-state index contributed by atoms with van der Waals surface area (Å²) in [5, 5.41) is 7.49. The van der Waals surface area contributed by atoms with Gasteiger partial charge < -0.3 is 14.6 Å². The molecule has 32 heavy (non-hydrogen) atoms. The number of benzene rings is 3. The molecule has 0 aliphatic heterocycles. The Kier molecular flexibility index (Phi) is 6.28. The number of amides is 1. The second kappa shape index (κ2) is 9.28. The lowest BCUT2D eigenvalue weighted by atomic mass is 10.0. The molecule has 0 aliphatic rings. The fourth-order valence-electron chi connectivity index (χ4n) is 3.18. The molecule has 0 fully saturated rings. The van der Waals surface area contributed by atoms with E-state index in [2.05, 4.69) is 17.4 Å². The number of nitrogens with one attached hydrogen (secondary N) is 1. The van der Waals surface area contributed by atoms with Crippen molar-refractivity contribution in [2.45, 2.75) is 27.3 Å². The maximum Gasteiger partial charge on any atom is 0.273 e. The van der Waals surface area contributed by atoms with Gasteiger partial charge in [0, 0.05) is 23.2 Å². The molecule has 4 aromatic rings. The number of aryl methyl sites for hydroxylation is 3. The van der Waals surface area contributed by atoms with Crippen molar-refractivity contribution in [2.24, 2.45) is 0 Å². The van der Waals surface area contributed by atoms with E-state index in [1.165, 1.54) is 5.56 Å². The predicted molar refractivity (Wildman–Crippen MR) is 125 cm³/mol. The van der Waals surface area contributed by atoms with Crippen molar-refractivity contribution in [3.8, 4) is 22.8 Å². The summed E-state index contributed by atoms with van der Waals surface area (Å²) in [5.41, 5.74) is 5.39. The van der Waals surface area contributed by atoms with Crippen molar-refractivity contribution in [1.82, 2.24) is 10.5 Å². The van der Waals surface area contributed by atoms with Crippen LogP contribution in [0.15, 0.2) is 71.3 Å². The van der Waals surface area contributed by atoms with Crippen LogP contribution in [0.1, 0.15) is 32.7 Å². The Morgan fingerprint density at radius 3 is 2.38 bits per heavy atom. The number of hydrogen-bond donors (Lipinski definition) is 1. The third-order valence-corrected chi connectivity index (χ3v) is 5.70. The Hall–Kier alpha value is -3.57. The third-order valence-electron chi connectivity index (χ3n) is 5.28. The van der Waals surface area contributed by atoms with E-state index < -0.39 is 0 Å². The number of aromatic nitrogens is 1. The quantitative estimate of drug-likeness (QED) is 0.360. The molecular formula is C26H23ClN2O3. The topological polar surface area (TPSA) is 64.4 Å². The molecule has 1 N–H and O–H groups in total. The van der Waals surface area contributed by atoms with E-state index in [1.807, 2.05) is 74.5 Å². The summed E-state index contributed by atoms with van der Waals surface area (Å²) < 4.78 is 11.2. The highest BCUT2D eigenvalue weighted by Crippen LogP contribution is 2.26. The summed E-state index contributed by atoms with van der Waals surface area (Å²) in [5.74, 6) is 1.70. The number of ether oxygens (including phenoxy) is 1. The first-order valence-corrected chi connectivity index (χ1v) is 10.6. The van der Waals surface area contributed by atoms with E-state index in [0.29, 0.717) is 23.1 Å². The van der Waals surface area contributed by atoms with Crippen molar-refractivity contribution in [1.29, 1.82) is 0 Å². The molecule has 0 radical (unpaired) electrons. The van der Waals surface area contributed by atoms with Crippen molar-refractivity contribution >= 4 is 17.5 Å². The highest BCUT2D eigenvalue weighted by molar-refractivity contribution is 6.31. The fourth-order valence-corrected chi connectivity index (χ4v) is 3.30. The molecule has 0 saturated carbocycles. The summed E-state index contributed by atoms with van der Waals surface area (Å²) in [4.78, 5) is 12.5. The van der Waals surface area contributed by atoms with Gasteiger partial charge in [0.15, 0.2) is 11.5 Å². The third kappa shape index (κ3) is 5.01. The molecule has 0 spiro atoms. The van der Waals surface area contributed by atoms with Gasteiger partial charge in [-0.2, -0.15) is 0 Å². The van der Waals surface area contributed by atoms with Crippen LogP contribution in [0.5, 0.6) is 11.5 Å². The largest absolute Gasteiger partial charge is 0.457 e. The highest BCUT2D eigenvalue weighted by atomic mass is 35.5. The average Bonchev–Trinajstić information content (AvgIpc) is 3.28. The molecule has 3 aromatic carbocycles. The normalized spacial score (nSPS) is 10.8. The van der Waals surface area contributed by atoms with Crippen molar-refractivity contribution in [3.63, 3.8) is 0 Å². The average molecular weight is 447 g/mol. The summed E-state index contributed by atoms with van der Waals surface area (Å²) in [6.45, 7) is 6.39. The Morgan fingerprint density at radius 1 is 0.906 bits per heavy atom. The van der Waals surface area contributed by atoms with Crippen LogP contribution in [0.3, 0.4) is 0 Å². The van der Waals surface area contributed by atoms with Crippen LogP contribution in [0.25, 0.3) is 11.3 Å². The minimum Gasteiger partial charge on any atom is -0.457 e. The number of hydrogen-bond acceptors (Lipinski definition) is 4. The molecule has 4 rings (SSSR count). The van der Waals surface area contributed by atoms with E-state index in [4.69, 9.17) is 20.9 Å². The first-order valence-electron chi connectivity index (χ1n) is 10.2. The molecule has 0 saturated heterocycles. The van der Waals surface area contributed by atoms with Gasteiger partial charge in [-0.15, -0.1) is 0 Å². The van der Waals surface area contributed by atoms with Gasteiger partial charge in [-0.25, -0.2) is 0 Å². The van der Waals surface area contributed by atoms with Crippen LogP contribution in [-0.2, 0) is 6.54 Å². The van der Waals surface area contributed by atoms with E-state index >= 15 is 0 Å². The Labute approximate surface area is 192 Å². The molecule has 1 heterocycles. The zero-order valence-electron chi connectivity index (χ0n) is 18.1. The van der Waals surface area contributed by atoms with Crippen LogP contribution in [0, 0.1) is 20.8 Å². The summed E-state index contributed by atoms with van der Waals surface area (Å²) >= 11 is 6.05. The maximum atomic E-state index is 12.5. The van der Waals surface area contributed by atoms with Gasteiger partial charge in [0.2, 0.25) is 0 Å².